The van der Waals surface area contributed by atoms with Gasteiger partial charge in [-0.2, -0.15) is 5.10 Å². The van der Waals surface area contributed by atoms with Gasteiger partial charge in [-0.1, -0.05) is 18.5 Å². The van der Waals surface area contributed by atoms with Gasteiger partial charge in [-0.25, -0.2) is 4.68 Å². The predicted molar refractivity (Wildman–Crippen MR) is 93.6 cm³/mol. The lowest BCUT2D eigenvalue weighted by Gasteiger charge is -2.16. The van der Waals surface area contributed by atoms with Gasteiger partial charge in [0.15, 0.2) is 17.3 Å². The van der Waals surface area contributed by atoms with Crippen molar-refractivity contribution in [2.75, 3.05) is 19.1 Å². The van der Waals surface area contributed by atoms with Gasteiger partial charge in [-0.05, 0) is 31.6 Å². The van der Waals surface area contributed by atoms with E-state index in [9.17, 15) is 0 Å². The first-order valence-electron chi connectivity index (χ1n) is 7.50. The van der Waals surface area contributed by atoms with Crippen LogP contribution < -0.4 is 14.9 Å². The molecule has 0 saturated heterocycles. The van der Waals surface area contributed by atoms with Crippen molar-refractivity contribution in [1.82, 2.24) is 14.9 Å². The molecule has 1 aromatic carbocycles. The van der Waals surface area contributed by atoms with Crippen LogP contribution in [0.25, 0.3) is 0 Å². The predicted octanol–water partition coefficient (Wildman–Crippen LogP) is 3.70. The number of hydrogen-bond donors (Lipinski definition) is 2. The highest BCUT2D eigenvalue weighted by atomic mass is 35.5. The molecule has 2 aromatic rings. The average molecular weight is 357 g/mol. The van der Waals surface area contributed by atoms with E-state index >= 15 is 0 Å². The second-order valence-corrected chi connectivity index (χ2v) is 5.72. The van der Waals surface area contributed by atoms with Crippen LogP contribution in [0.4, 0.5) is 0 Å². The third-order valence-electron chi connectivity index (χ3n) is 3.25. The van der Waals surface area contributed by atoms with Crippen molar-refractivity contribution in [3.8, 4) is 11.5 Å². The Kier molecular flexibility index (Phi) is 6.29. The van der Waals surface area contributed by atoms with Crippen LogP contribution in [0.15, 0.2) is 12.1 Å². The molecule has 6 nitrogen and oxygen atoms in total. The lowest BCUT2D eigenvalue weighted by atomic mass is 10.2. The maximum absolute atomic E-state index is 6.16. The summed E-state index contributed by atoms with van der Waals surface area (Å²) in [5, 5.41) is 7.62. The van der Waals surface area contributed by atoms with Crippen LogP contribution in [0.3, 0.4) is 0 Å². The van der Waals surface area contributed by atoms with Crippen molar-refractivity contribution in [2.45, 2.75) is 33.2 Å². The van der Waals surface area contributed by atoms with Crippen molar-refractivity contribution in [2.24, 2.45) is 0 Å². The second-order valence-electron chi connectivity index (χ2n) is 4.89. The number of aryl methyl sites for hydroxylation is 1. The quantitative estimate of drug-likeness (QED) is 0.706. The number of aromatic nitrogens is 3. The third-order valence-corrected chi connectivity index (χ3v) is 3.74. The van der Waals surface area contributed by atoms with Crippen LogP contribution >= 0.6 is 23.8 Å². The maximum atomic E-state index is 6.16. The van der Waals surface area contributed by atoms with E-state index in [0.29, 0.717) is 34.4 Å². The van der Waals surface area contributed by atoms with Crippen molar-refractivity contribution in [1.29, 1.82) is 0 Å². The van der Waals surface area contributed by atoms with Crippen molar-refractivity contribution < 1.29 is 9.47 Å². The minimum absolute atomic E-state index is 0.483. The van der Waals surface area contributed by atoms with Gasteiger partial charge in [0.2, 0.25) is 4.77 Å². The summed E-state index contributed by atoms with van der Waals surface area (Å²) in [5.74, 6) is 2.16. The number of nitrogens with one attached hydrogen (secondary N) is 2. The summed E-state index contributed by atoms with van der Waals surface area (Å²) >= 11 is 11.4. The molecule has 8 heteroatoms. The summed E-state index contributed by atoms with van der Waals surface area (Å²) in [7, 11) is 1.59. The van der Waals surface area contributed by atoms with Gasteiger partial charge in [0.05, 0.1) is 20.3 Å². The standard InChI is InChI=1S/C15H21ClN4O2S/c1-4-6-13-18-19-15(23)20(13)17-9-10-7-11(16)8-12(21-3)14(10)22-5-2/h7-8,17H,4-6,9H2,1-3H3,(H,19,23). The van der Waals surface area contributed by atoms with Crippen LogP contribution in [-0.4, -0.2) is 28.6 Å². The monoisotopic (exact) mass is 356 g/mol. The number of rotatable bonds is 8. The summed E-state index contributed by atoms with van der Waals surface area (Å²) in [5.41, 5.74) is 4.16. The van der Waals surface area contributed by atoms with Gasteiger partial charge in [-0.3, -0.25) is 5.10 Å². The van der Waals surface area contributed by atoms with Crippen molar-refractivity contribution in [3.05, 3.63) is 33.3 Å². The van der Waals surface area contributed by atoms with Crippen LogP contribution in [-0.2, 0) is 13.0 Å². The second kappa shape index (κ2) is 8.21. The van der Waals surface area contributed by atoms with Crippen LogP contribution in [0.5, 0.6) is 11.5 Å². The molecule has 0 amide bonds. The fourth-order valence-corrected chi connectivity index (χ4v) is 2.71. The minimum Gasteiger partial charge on any atom is -0.493 e. The number of methoxy groups -OCH3 is 1. The molecule has 23 heavy (non-hydrogen) atoms. The topological polar surface area (TPSA) is 64.1 Å². The molecule has 2 rings (SSSR count). The Morgan fingerprint density at radius 1 is 1.39 bits per heavy atom. The van der Waals surface area contributed by atoms with Gasteiger partial charge in [-0.15, -0.1) is 0 Å². The molecule has 0 fully saturated rings. The molecule has 0 atom stereocenters. The van der Waals surface area contributed by atoms with Gasteiger partial charge < -0.3 is 14.9 Å². The first-order valence-corrected chi connectivity index (χ1v) is 8.28. The number of H-pyrrole nitrogens is 1. The Balaban J connectivity index is 2.28. The molecule has 2 N–H and O–H groups in total. The van der Waals surface area contributed by atoms with Crippen LogP contribution in [0.2, 0.25) is 5.02 Å². The summed E-state index contributed by atoms with van der Waals surface area (Å²) < 4.78 is 13.4. The summed E-state index contributed by atoms with van der Waals surface area (Å²) in [4.78, 5) is 0. The first kappa shape index (κ1) is 17.6. The largest absolute Gasteiger partial charge is 0.493 e. The molecule has 0 spiro atoms. The zero-order chi connectivity index (χ0) is 16.8. The molecule has 1 heterocycles. The van der Waals surface area contributed by atoms with Gasteiger partial charge in [0.25, 0.3) is 0 Å². The summed E-state index contributed by atoms with van der Waals surface area (Å²) in [6.45, 7) is 5.04. The lowest BCUT2D eigenvalue weighted by Crippen LogP contribution is -2.18. The highest BCUT2D eigenvalue weighted by molar-refractivity contribution is 7.71. The van der Waals surface area contributed by atoms with E-state index in [0.717, 1.165) is 24.2 Å². The number of ether oxygens (including phenoxy) is 2. The fraction of sp³-hybridized carbons (Fsp3) is 0.467. The smallest absolute Gasteiger partial charge is 0.214 e. The SMILES string of the molecule is CCCc1n[nH]c(=S)n1NCc1cc(Cl)cc(OC)c1OCC. The number of hydrogen-bond acceptors (Lipinski definition) is 5. The zero-order valence-electron chi connectivity index (χ0n) is 13.5. The Hall–Kier alpha value is -1.73. The molecule has 0 aliphatic heterocycles. The molecular formula is C15H21ClN4O2S. The molecule has 0 aliphatic carbocycles. The molecule has 0 radical (unpaired) electrons. The van der Waals surface area contributed by atoms with E-state index in [4.69, 9.17) is 33.3 Å². The van der Waals surface area contributed by atoms with Gasteiger partial charge in [0.1, 0.15) is 0 Å². The van der Waals surface area contributed by atoms with E-state index in [1.807, 2.05) is 13.0 Å². The first-order chi connectivity index (χ1) is 11.1. The molecule has 0 unspecified atom stereocenters. The summed E-state index contributed by atoms with van der Waals surface area (Å²) in [6.07, 6.45) is 1.81. The normalized spacial score (nSPS) is 10.6. The van der Waals surface area contributed by atoms with E-state index in [1.165, 1.54) is 0 Å². The average Bonchev–Trinajstić information content (AvgIpc) is 2.88. The highest BCUT2D eigenvalue weighted by Crippen LogP contribution is 2.34. The van der Waals surface area contributed by atoms with E-state index in [2.05, 4.69) is 22.5 Å². The van der Waals surface area contributed by atoms with Crippen LogP contribution in [0, 0.1) is 4.77 Å². The highest BCUT2D eigenvalue weighted by Gasteiger charge is 2.13. The fourth-order valence-electron chi connectivity index (χ4n) is 2.26. The van der Waals surface area contributed by atoms with Crippen molar-refractivity contribution >= 4 is 23.8 Å². The Bertz CT molecular complexity index is 714. The number of nitrogens with zero attached hydrogens (tertiary/aromatic N) is 2. The van der Waals surface area contributed by atoms with Gasteiger partial charge in [0, 0.05) is 23.1 Å². The van der Waals surface area contributed by atoms with E-state index in [1.54, 1.807) is 17.9 Å². The minimum atomic E-state index is 0.483. The van der Waals surface area contributed by atoms with Crippen LogP contribution in [0.1, 0.15) is 31.7 Å². The zero-order valence-corrected chi connectivity index (χ0v) is 15.1. The molecule has 0 saturated carbocycles. The van der Waals surface area contributed by atoms with E-state index in [-0.39, 0.29) is 0 Å². The molecule has 0 bridgehead atoms. The molecule has 126 valence electrons. The molecular weight excluding hydrogens is 336 g/mol. The Morgan fingerprint density at radius 3 is 2.83 bits per heavy atom. The lowest BCUT2D eigenvalue weighted by molar-refractivity contribution is 0.307. The maximum Gasteiger partial charge on any atom is 0.214 e. The third kappa shape index (κ3) is 4.17. The number of benzene rings is 1. The molecule has 1 aromatic heterocycles. The number of aromatic amines is 1. The van der Waals surface area contributed by atoms with E-state index < -0.39 is 0 Å². The summed E-state index contributed by atoms with van der Waals surface area (Å²) in [6, 6.07) is 3.59. The number of halogens is 1. The Labute approximate surface area is 145 Å². The van der Waals surface area contributed by atoms with Gasteiger partial charge >= 0.3 is 0 Å². The molecule has 0 aliphatic rings. The van der Waals surface area contributed by atoms with Crippen molar-refractivity contribution in [3.63, 3.8) is 0 Å². The Morgan fingerprint density at radius 2 is 2.17 bits per heavy atom.